The van der Waals surface area contributed by atoms with Gasteiger partial charge < -0.3 is 19.3 Å². The lowest BCUT2D eigenvalue weighted by molar-refractivity contribution is 0.405. The molecule has 0 aliphatic heterocycles. The molecule has 0 heterocycles. The van der Waals surface area contributed by atoms with Crippen molar-refractivity contribution in [1.29, 1.82) is 0 Å². The Balaban J connectivity index is 1.82. The first-order valence-electron chi connectivity index (χ1n) is 23.0. The summed E-state index contributed by atoms with van der Waals surface area (Å²) in [5.74, 6) is 2.11. The molecular formula is C49H84N2O2. The number of hydrogen-bond donors (Lipinski definition) is 0. The molecule has 0 saturated carbocycles. The van der Waals surface area contributed by atoms with Crippen molar-refractivity contribution in [3.8, 4) is 11.5 Å². The fraction of sp³-hybridized carbons (Fsp3) is 0.755. The first kappa shape index (κ1) is 45.0. The normalized spacial score (nSPS) is 12.3. The monoisotopic (exact) mass is 733 g/mol. The van der Waals surface area contributed by atoms with E-state index in [9.17, 15) is 0 Å². The Morgan fingerprint density at radius 2 is 0.679 bits per heavy atom. The van der Waals surface area contributed by atoms with Crippen LogP contribution in [0.3, 0.4) is 0 Å². The largest absolute Gasteiger partial charge is 0.496 e. The minimum Gasteiger partial charge on any atom is -0.496 e. The van der Waals surface area contributed by atoms with Crippen molar-refractivity contribution in [1.82, 2.24) is 0 Å². The Labute approximate surface area is 329 Å². The molecule has 302 valence electrons. The van der Waals surface area contributed by atoms with Crippen molar-refractivity contribution < 1.29 is 9.47 Å². The van der Waals surface area contributed by atoms with Gasteiger partial charge in [0.05, 0.1) is 14.2 Å². The molecule has 0 amide bonds. The maximum Gasteiger partial charge on any atom is 0.124 e. The van der Waals surface area contributed by atoms with E-state index in [1.165, 1.54) is 188 Å². The van der Waals surface area contributed by atoms with Crippen LogP contribution in [0.4, 0.5) is 11.4 Å². The average Bonchev–Trinajstić information content (AvgIpc) is 3.37. The van der Waals surface area contributed by atoms with Crippen LogP contribution in [0.1, 0.15) is 204 Å². The van der Waals surface area contributed by atoms with Crippen molar-refractivity contribution in [3.05, 3.63) is 46.5 Å². The Morgan fingerprint density at radius 3 is 0.962 bits per heavy atom. The van der Waals surface area contributed by atoms with Crippen LogP contribution in [0, 0.1) is 0 Å². The van der Waals surface area contributed by atoms with E-state index in [0.717, 1.165) is 56.9 Å². The topological polar surface area (TPSA) is 24.9 Å². The van der Waals surface area contributed by atoms with Gasteiger partial charge in [0.2, 0.25) is 0 Å². The summed E-state index contributed by atoms with van der Waals surface area (Å²) in [6, 6.07) is 9.80. The first-order chi connectivity index (χ1) is 26.1. The molecule has 2 aromatic rings. The molecule has 0 N–H and O–H groups in total. The second-order valence-corrected chi connectivity index (χ2v) is 16.3. The molecule has 0 atom stereocenters. The van der Waals surface area contributed by atoms with Gasteiger partial charge in [-0.2, -0.15) is 0 Å². The summed E-state index contributed by atoms with van der Waals surface area (Å²) in [4.78, 5) is 5.39. The summed E-state index contributed by atoms with van der Waals surface area (Å²) >= 11 is 0. The maximum atomic E-state index is 6.23. The summed E-state index contributed by atoms with van der Waals surface area (Å²) in [7, 11) is 3.75. The molecule has 0 aromatic heterocycles. The molecule has 4 heteroatoms. The Bertz CT molecular complexity index is 1100. The summed E-state index contributed by atoms with van der Waals surface area (Å²) in [6.45, 7) is 13.8. The zero-order valence-corrected chi connectivity index (χ0v) is 35.9. The van der Waals surface area contributed by atoms with Gasteiger partial charge in [-0.25, -0.2) is 0 Å². The summed E-state index contributed by atoms with van der Waals surface area (Å²) in [6.07, 6.45) is 35.1. The van der Waals surface area contributed by atoms with Crippen LogP contribution in [0.25, 0.3) is 0 Å². The second kappa shape index (κ2) is 28.1. The number of aryl methyl sites for hydroxylation is 2. The van der Waals surface area contributed by atoms with E-state index in [0.29, 0.717) is 0 Å². The molecule has 1 aliphatic rings. The van der Waals surface area contributed by atoms with E-state index >= 15 is 0 Å². The molecular weight excluding hydrogens is 649 g/mol. The quantitative estimate of drug-likeness (QED) is 0.0699. The van der Waals surface area contributed by atoms with Gasteiger partial charge in [0, 0.05) is 67.2 Å². The van der Waals surface area contributed by atoms with Gasteiger partial charge in [-0.15, -0.1) is 0 Å². The molecule has 0 spiro atoms. The minimum absolute atomic E-state index is 0.876. The Morgan fingerprint density at radius 1 is 0.396 bits per heavy atom. The average molecular weight is 733 g/mol. The molecule has 2 aromatic carbocycles. The zero-order chi connectivity index (χ0) is 37.9. The van der Waals surface area contributed by atoms with Crippen LogP contribution in [-0.2, 0) is 19.3 Å². The van der Waals surface area contributed by atoms with Crippen molar-refractivity contribution >= 4 is 11.4 Å². The molecule has 4 nitrogen and oxygen atoms in total. The lowest BCUT2D eigenvalue weighted by Gasteiger charge is -2.28. The number of rotatable bonds is 32. The van der Waals surface area contributed by atoms with Crippen LogP contribution in [0.2, 0.25) is 0 Å². The number of nitrogens with zero attached hydrogens (tertiary/aromatic N) is 2. The number of unbranched alkanes of at least 4 members (excludes halogenated alkanes) is 20. The molecule has 0 radical (unpaired) electrons. The molecule has 3 rings (SSSR count). The predicted molar refractivity (Wildman–Crippen MR) is 234 cm³/mol. The summed E-state index contributed by atoms with van der Waals surface area (Å²) in [5, 5.41) is 0. The van der Waals surface area contributed by atoms with E-state index in [2.05, 4.69) is 61.8 Å². The minimum atomic E-state index is 0.876. The van der Waals surface area contributed by atoms with Crippen molar-refractivity contribution in [3.63, 3.8) is 0 Å². The third-order valence-electron chi connectivity index (χ3n) is 11.9. The molecule has 0 saturated heterocycles. The van der Waals surface area contributed by atoms with Crippen LogP contribution in [-0.4, -0.2) is 40.4 Å². The number of fused-ring (bicyclic) bond motifs is 2. The molecule has 0 unspecified atom stereocenters. The summed E-state index contributed by atoms with van der Waals surface area (Å²) < 4.78 is 12.5. The highest BCUT2D eigenvalue weighted by atomic mass is 16.5. The van der Waals surface area contributed by atoms with Crippen molar-refractivity contribution in [2.75, 3.05) is 50.2 Å². The highest BCUT2D eigenvalue weighted by Crippen LogP contribution is 2.40. The number of ether oxygens (including phenoxy) is 2. The van der Waals surface area contributed by atoms with Gasteiger partial charge >= 0.3 is 0 Å². The Kier molecular flexibility index (Phi) is 23.9. The molecule has 0 bridgehead atoms. The number of hydrogen-bond acceptors (Lipinski definition) is 4. The van der Waals surface area contributed by atoms with Gasteiger partial charge in [-0.05, 0) is 61.8 Å². The third-order valence-corrected chi connectivity index (χ3v) is 11.9. The van der Waals surface area contributed by atoms with Crippen LogP contribution >= 0.6 is 0 Å². The lowest BCUT2D eigenvalue weighted by atomic mass is 9.97. The van der Waals surface area contributed by atoms with Crippen molar-refractivity contribution in [2.24, 2.45) is 0 Å². The fourth-order valence-electron chi connectivity index (χ4n) is 8.47. The van der Waals surface area contributed by atoms with E-state index in [4.69, 9.17) is 9.47 Å². The maximum absolute atomic E-state index is 6.23. The van der Waals surface area contributed by atoms with Gasteiger partial charge in [0.25, 0.3) is 0 Å². The van der Waals surface area contributed by atoms with Gasteiger partial charge in [0.15, 0.2) is 0 Å². The number of benzene rings is 2. The molecule has 1 aliphatic carbocycles. The summed E-state index contributed by atoms with van der Waals surface area (Å²) in [5.41, 5.74) is 8.38. The smallest absolute Gasteiger partial charge is 0.124 e. The standard InChI is InChI=1S/C49H84N2O2/c1-7-11-15-19-23-27-33-50(34-28-24-20-16-12-8-2)44-37-42-31-32-43-38-45(40-49(53-6)47(43)41-46(42)48(39-44)52-5)51(35-29-25-21-17-13-9-3)36-30-26-22-18-14-10-4/h37-40H,7-36,41H2,1-6H3. The first-order valence-corrected chi connectivity index (χ1v) is 23.0. The van der Waals surface area contributed by atoms with Gasteiger partial charge in [-0.3, -0.25) is 0 Å². The molecule has 53 heavy (non-hydrogen) atoms. The van der Waals surface area contributed by atoms with E-state index in [1.54, 1.807) is 0 Å². The van der Waals surface area contributed by atoms with Gasteiger partial charge in [0.1, 0.15) is 11.5 Å². The van der Waals surface area contributed by atoms with Crippen molar-refractivity contribution in [2.45, 2.75) is 201 Å². The highest BCUT2D eigenvalue weighted by Gasteiger charge is 2.24. The van der Waals surface area contributed by atoms with Crippen LogP contribution < -0.4 is 19.3 Å². The SMILES string of the molecule is CCCCCCCCN(CCCCCCCC)c1cc2c(c(OC)c1)Cc1c(cc(N(CCCCCCCC)CCCCCCCC)cc1OC)CC2. The highest BCUT2D eigenvalue weighted by molar-refractivity contribution is 5.63. The predicted octanol–water partition coefficient (Wildman–Crippen LogP) is 14.4. The van der Waals surface area contributed by atoms with E-state index < -0.39 is 0 Å². The number of anilines is 2. The zero-order valence-electron chi connectivity index (χ0n) is 35.9. The molecule has 0 fully saturated rings. The lowest BCUT2D eigenvalue weighted by Crippen LogP contribution is -2.26. The van der Waals surface area contributed by atoms with Crippen LogP contribution in [0.5, 0.6) is 11.5 Å². The fourth-order valence-corrected chi connectivity index (χ4v) is 8.47. The third kappa shape index (κ3) is 16.5. The number of methoxy groups -OCH3 is 2. The second-order valence-electron chi connectivity index (χ2n) is 16.3. The Hall–Kier alpha value is -2.36. The van der Waals surface area contributed by atoms with Gasteiger partial charge in [-0.1, -0.05) is 156 Å². The van der Waals surface area contributed by atoms with Crippen LogP contribution in [0.15, 0.2) is 24.3 Å². The van der Waals surface area contributed by atoms with E-state index in [1.807, 2.05) is 14.2 Å². The van der Waals surface area contributed by atoms with E-state index in [-0.39, 0.29) is 0 Å².